The van der Waals surface area contributed by atoms with Gasteiger partial charge < -0.3 is 10.4 Å². The lowest BCUT2D eigenvalue weighted by molar-refractivity contribution is -0.146. The Bertz CT molecular complexity index is 570. The molecule has 1 saturated carbocycles. The number of halogens is 2. The molecule has 0 saturated heterocycles. The van der Waals surface area contributed by atoms with Gasteiger partial charge in [-0.25, -0.2) is 0 Å². The Kier molecular flexibility index (Phi) is 4.79. The van der Waals surface area contributed by atoms with E-state index in [1.54, 1.807) is 12.1 Å². The molecule has 4 nitrogen and oxygen atoms in total. The minimum absolute atomic E-state index is 0.213. The number of carbonyl (C=O) groups is 2. The van der Waals surface area contributed by atoms with Crippen LogP contribution in [0.5, 0.6) is 0 Å². The summed E-state index contributed by atoms with van der Waals surface area (Å²) in [6, 6.07) is 5.36. The molecule has 1 aromatic rings. The fraction of sp³-hybridized carbons (Fsp3) is 0.467. The van der Waals surface area contributed by atoms with Crippen LogP contribution in [0, 0.1) is 5.92 Å². The van der Waals surface area contributed by atoms with Crippen molar-refractivity contribution in [2.45, 2.75) is 31.6 Å². The smallest absolute Gasteiger partial charge is 0.315 e. The third kappa shape index (κ3) is 3.33. The summed E-state index contributed by atoms with van der Waals surface area (Å²) in [7, 11) is 0. The minimum Gasteiger partial charge on any atom is -0.481 e. The van der Waals surface area contributed by atoms with Gasteiger partial charge in [-0.1, -0.05) is 35.7 Å². The maximum Gasteiger partial charge on any atom is 0.315 e. The molecule has 1 aliphatic rings. The van der Waals surface area contributed by atoms with Crippen LogP contribution in [0.25, 0.3) is 0 Å². The van der Waals surface area contributed by atoms with E-state index in [-0.39, 0.29) is 5.41 Å². The number of carboxylic acid groups (broad SMARTS) is 1. The topological polar surface area (TPSA) is 66.4 Å². The molecule has 0 radical (unpaired) electrons. The predicted octanol–water partition coefficient (Wildman–Crippen LogP) is 3.25. The maximum atomic E-state index is 11.8. The van der Waals surface area contributed by atoms with Gasteiger partial charge in [0.2, 0.25) is 5.91 Å². The minimum atomic E-state index is -1.13. The van der Waals surface area contributed by atoms with Gasteiger partial charge in [0.25, 0.3) is 0 Å². The van der Waals surface area contributed by atoms with Gasteiger partial charge in [0.15, 0.2) is 0 Å². The molecule has 0 spiro atoms. The summed E-state index contributed by atoms with van der Waals surface area (Å²) in [5, 5.41) is 12.7. The zero-order valence-electron chi connectivity index (χ0n) is 11.7. The first-order valence-corrected chi connectivity index (χ1v) is 7.57. The van der Waals surface area contributed by atoms with Gasteiger partial charge in [0, 0.05) is 22.0 Å². The molecule has 1 aromatic carbocycles. The standard InChI is InChI=1S/C15H17Cl2NO3/c1-9(14(20)21)13(19)18-8-15(5-2-6-15)11-4-3-10(16)7-12(11)17/h3-4,7,9H,2,5-6,8H2,1H3,(H,18,19)(H,20,21). The highest BCUT2D eigenvalue weighted by molar-refractivity contribution is 6.35. The van der Waals surface area contributed by atoms with E-state index < -0.39 is 17.8 Å². The summed E-state index contributed by atoms with van der Waals surface area (Å²) in [4.78, 5) is 22.6. The van der Waals surface area contributed by atoms with E-state index in [4.69, 9.17) is 28.3 Å². The van der Waals surface area contributed by atoms with Gasteiger partial charge in [0.1, 0.15) is 5.92 Å². The second-order valence-corrected chi connectivity index (χ2v) is 6.38. The van der Waals surface area contributed by atoms with Crippen LogP contribution in [0.1, 0.15) is 31.7 Å². The van der Waals surface area contributed by atoms with Crippen molar-refractivity contribution in [2.24, 2.45) is 5.92 Å². The molecular formula is C15H17Cl2NO3. The van der Waals surface area contributed by atoms with Crippen molar-refractivity contribution in [3.05, 3.63) is 33.8 Å². The van der Waals surface area contributed by atoms with E-state index in [1.807, 2.05) is 6.07 Å². The summed E-state index contributed by atoms with van der Waals surface area (Å²) in [6.07, 6.45) is 2.88. The zero-order valence-corrected chi connectivity index (χ0v) is 13.2. The molecule has 1 fully saturated rings. The Labute approximate surface area is 133 Å². The first-order chi connectivity index (χ1) is 9.85. The Morgan fingerprint density at radius 3 is 2.52 bits per heavy atom. The fourth-order valence-corrected chi connectivity index (χ4v) is 3.19. The van der Waals surface area contributed by atoms with Crippen molar-refractivity contribution in [3.63, 3.8) is 0 Å². The van der Waals surface area contributed by atoms with E-state index in [9.17, 15) is 9.59 Å². The molecule has 2 rings (SSSR count). The molecule has 0 aliphatic heterocycles. The molecule has 0 aromatic heterocycles. The first-order valence-electron chi connectivity index (χ1n) is 6.82. The number of benzene rings is 1. The summed E-state index contributed by atoms with van der Waals surface area (Å²) in [5.41, 5.74) is 0.748. The van der Waals surface area contributed by atoms with Crippen molar-refractivity contribution in [1.82, 2.24) is 5.32 Å². The Balaban J connectivity index is 2.12. The Hall–Kier alpha value is -1.26. The molecule has 6 heteroatoms. The van der Waals surface area contributed by atoms with Crippen LogP contribution in [-0.2, 0) is 15.0 Å². The lowest BCUT2D eigenvalue weighted by atomic mass is 9.64. The Morgan fingerprint density at radius 1 is 1.38 bits per heavy atom. The number of nitrogens with one attached hydrogen (secondary N) is 1. The van der Waals surface area contributed by atoms with Gasteiger partial charge >= 0.3 is 5.97 Å². The van der Waals surface area contributed by atoms with E-state index >= 15 is 0 Å². The van der Waals surface area contributed by atoms with Crippen LogP contribution in [0.15, 0.2) is 18.2 Å². The van der Waals surface area contributed by atoms with Crippen LogP contribution in [0.2, 0.25) is 10.0 Å². The number of hydrogen-bond acceptors (Lipinski definition) is 2. The van der Waals surface area contributed by atoms with Crippen LogP contribution in [0.4, 0.5) is 0 Å². The number of hydrogen-bond donors (Lipinski definition) is 2. The Morgan fingerprint density at radius 2 is 2.05 bits per heavy atom. The molecule has 0 heterocycles. The van der Waals surface area contributed by atoms with Crippen molar-refractivity contribution in [2.75, 3.05) is 6.54 Å². The predicted molar refractivity (Wildman–Crippen MR) is 81.8 cm³/mol. The van der Waals surface area contributed by atoms with Gasteiger partial charge in [-0.2, -0.15) is 0 Å². The van der Waals surface area contributed by atoms with E-state index in [0.717, 1.165) is 24.8 Å². The van der Waals surface area contributed by atoms with Crippen molar-refractivity contribution < 1.29 is 14.7 Å². The average Bonchev–Trinajstić information content (AvgIpc) is 2.38. The monoisotopic (exact) mass is 329 g/mol. The molecule has 114 valence electrons. The quantitative estimate of drug-likeness (QED) is 0.815. The number of amides is 1. The molecule has 1 amide bonds. The van der Waals surface area contributed by atoms with Gasteiger partial charge in [-0.15, -0.1) is 0 Å². The lowest BCUT2D eigenvalue weighted by Crippen LogP contribution is -2.47. The SMILES string of the molecule is CC(C(=O)O)C(=O)NCC1(c2ccc(Cl)cc2Cl)CCC1. The highest BCUT2D eigenvalue weighted by atomic mass is 35.5. The number of aliphatic carboxylic acids is 1. The number of carboxylic acids is 1. The third-order valence-electron chi connectivity index (χ3n) is 4.18. The normalized spacial score (nSPS) is 17.7. The molecule has 0 bridgehead atoms. The maximum absolute atomic E-state index is 11.8. The molecule has 1 atom stereocenters. The second-order valence-electron chi connectivity index (χ2n) is 5.54. The van der Waals surface area contributed by atoms with E-state index in [0.29, 0.717) is 16.6 Å². The molecule has 1 unspecified atom stereocenters. The highest BCUT2D eigenvalue weighted by Crippen LogP contribution is 2.46. The first kappa shape index (κ1) is 16.1. The van der Waals surface area contributed by atoms with Gasteiger partial charge in [-0.05, 0) is 37.5 Å². The summed E-state index contributed by atoms with van der Waals surface area (Å²) >= 11 is 12.2. The zero-order chi connectivity index (χ0) is 15.6. The second kappa shape index (κ2) is 6.24. The largest absolute Gasteiger partial charge is 0.481 e. The molecule has 21 heavy (non-hydrogen) atoms. The van der Waals surface area contributed by atoms with Crippen LogP contribution in [-0.4, -0.2) is 23.5 Å². The summed E-state index contributed by atoms with van der Waals surface area (Å²) in [6.45, 7) is 1.77. The highest BCUT2D eigenvalue weighted by Gasteiger charge is 2.40. The van der Waals surface area contributed by atoms with Gasteiger partial charge in [-0.3, -0.25) is 9.59 Å². The number of rotatable bonds is 5. The van der Waals surface area contributed by atoms with Crippen molar-refractivity contribution >= 4 is 35.1 Å². The lowest BCUT2D eigenvalue weighted by Gasteiger charge is -2.43. The summed E-state index contributed by atoms with van der Waals surface area (Å²) < 4.78 is 0. The molecular weight excluding hydrogens is 313 g/mol. The van der Waals surface area contributed by atoms with Gasteiger partial charge in [0.05, 0.1) is 0 Å². The third-order valence-corrected chi connectivity index (χ3v) is 4.73. The van der Waals surface area contributed by atoms with Crippen molar-refractivity contribution in [3.8, 4) is 0 Å². The van der Waals surface area contributed by atoms with Crippen LogP contribution in [0.3, 0.4) is 0 Å². The van der Waals surface area contributed by atoms with E-state index in [1.165, 1.54) is 6.92 Å². The number of carbonyl (C=O) groups excluding carboxylic acids is 1. The van der Waals surface area contributed by atoms with Crippen LogP contribution < -0.4 is 5.32 Å². The van der Waals surface area contributed by atoms with E-state index in [2.05, 4.69) is 5.32 Å². The van der Waals surface area contributed by atoms with Crippen molar-refractivity contribution in [1.29, 1.82) is 0 Å². The molecule has 2 N–H and O–H groups in total. The fourth-order valence-electron chi connectivity index (χ4n) is 2.59. The summed E-state index contributed by atoms with van der Waals surface area (Å²) in [5.74, 6) is -2.65. The average molecular weight is 330 g/mol. The molecule has 1 aliphatic carbocycles. The van der Waals surface area contributed by atoms with Crippen LogP contribution >= 0.6 is 23.2 Å².